The summed E-state index contributed by atoms with van der Waals surface area (Å²) in [7, 11) is 1.60. The van der Waals surface area contributed by atoms with Crippen LogP contribution >= 0.6 is 11.8 Å². The van der Waals surface area contributed by atoms with E-state index in [0.29, 0.717) is 5.17 Å². The van der Waals surface area contributed by atoms with E-state index in [-0.39, 0.29) is 11.4 Å². The Balaban J connectivity index is 1.80. The van der Waals surface area contributed by atoms with E-state index in [9.17, 15) is 4.79 Å². The van der Waals surface area contributed by atoms with Gasteiger partial charge in [0.05, 0.1) is 12.7 Å². The summed E-state index contributed by atoms with van der Waals surface area (Å²) >= 11 is 1.39. The molecule has 0 spiro atoms. The summed E-state index contributed by atoms with van der Waals surface area (Å²) in [4.78, 5) is 16.4. The van der Waals surface area contributed by atoms with Gasteiger partial charge in [-0.2, -0.15) is 15.1 Å². The SMILES string of the molecule is CCCCCC1=NN2C(=N)/C(=C/c3ccc(OC)cc3)C(=O)N=C2S1. The van der Waals surface area contributed by atoms with E-state index in [1.165, 1.54) is 16.8 Å². The lowest BCUT2D eigenvalue weighted by atomic mass is 10.1. The van der Waals surface area contributed by atoms with E-state index in [0.717, 1.165) is 42.0 Å². The fourth-order valence-electron chi connectivity index (χ4n) is 2.53. The van der Waals surface area contributed by atoms with Gasteiger partial charge in [0.1, 0.15) is 10.8 Å². The van der Waals surface area contributed by atoms with Crippen LogP contribution in [-0.4, -0.2) is 34.1 Å². The molecule has 2 aliphatic heterocycles. The molecular formula is C18H20N4O2S. The Kier molecular flexibility index (Phi) is 5.33. The predicted molar refractivity (Wildman–Crippen MR) is 102 cm³/mol. The summed E-state index contributed by atoms with van der Waals surface area (Å²) < 4.78 is 5.13. The highest BCUT2D eigenvalue weighted by Crippen LogP contribution is 2.30. The lowest BCUT2D eigenvalue weighted by Gasteiger charge is -2.20. The van der Waals surface area contributed by atoms with Gasteiger partial charge >= 0.3 is 0 Å². The molecule has 2 aliphatic rings. The largest absolute Gasteiger partial charge is 0.497 e. The van der Waals surface area contributed by atoms with Gasteiger partial charge in [-0.25, -0.2) is 0 Å². The van der Waals surface area contributed by atoms with Gasteiger partial charge in [0.25, 0.3) is 5.91 Å². The third kappa shape index (κ3) is 3.82. The number of hydrazone groups is 1. The average molecular weight is 356 g/mol. The summed E-state index contributed by atoms with van der Waals surface area (Å²) in [6.07, 6.45) is 5.86. The second-order valence-electron chi connectivity index (χ2n) is 5.74. The van der Waals surface area contributed by atoms with Crippen molar-refractivity contribution in [2.24, 2.45) is 10.1 Å². The number of amidine groups is 2. The quantitative estimate of drug-likeness (QED) is 0.619. The van der Waals surface area contributed by atoms with Crippen molar-refractivity contribution in [3.8, 4) is 5.75 Å². The van der Waals surface area contributed by atoms with E-state index in [4.69, 9.17) is 10.1 Å². The van der Waals surface area contributed by atoms with Gasteiger partial charge in [-0.05, 0) is 48.4 Å². The lowest BCUT2D eigenvalue weighted by Crippen LogP contribution is -2.35. The Labute approximate surface area is 151 Å². The van der Waals surface area contributed by atoms with Crippen LogP contribution in [0.4, 0.5) is 0 Å². The topological polar surface area (TPSA) is 78.1 Å². The minimum atomic E-state index is -0.399. The number of fused-ring (bicyclic) bond motifs is 1. The van der Waals surface area contributed by atoms with Crippen LogP contribution in [0.1, 0.15) is 38.2 Å². The molecule has 0 aliphatic carbocycles. The highest BCUT2D eigenvalue weighted by molar-refractivity contribution is 8.26. The first-order valence-electron chi connectivity index (χ1n) is 8.25. The number of unbranched alkanes of at least 4 members (excludes halogenated alkanes) is 2. The Bertz CT molecular complexity index is 781. The standard InChI is InChI=1S/C18H20N4O2S/c1-3-4-5-6-15-21-22-16(19)14(17(23)20-18(22)25-15)11-12-7-9-13(24-2)10-8-12/h7-11,19H,3-6H2,1-2H3/b14-11-,19-16?. The predicted octanol–water partition coefficient (Wildman–Crippen LogP) is 3.89. The van der Waals surface area contributed by atoms with Gasteiger partial charge in [-0.15, -0.1) is 0 Å². The van der Waals surface area contributed by atoms with Crippen LogP contribution in [0.2, 0.25) is 0 Å². The fraction of sp³-hybridized carbons (Fsp3) is 0.333. The number of nitrogens with zero attached hydrogens (tertiary/aromatic N) is 3. The summed E-state index contributed by atoms with van der Waals surface area (Å²) in [5.41, 5.74) is 1.06. The number of amides is 1. The molecule has 0 saturated heterocycles. The summed E-state index contributed by atoms with van der Waals surface area (Å²) in [5, 5.41) is 15.7. The molecular weight excluding hydrogens is 336 g/mol. The molecule has 1 aromatic carbocycles. The number of hydrogen-bond acceptors (Lipinski definition) is 5. The van der Waals surface area contributed by atoms with Crippen LogP contribution in [-0.2, 0) is 4.79 Å². The molecule has 0 unspecified atom stereocenters. The van der Waals surface area contributed by atoms with E-state index in [2.05, 4.69) is 17.0 Å². The van der Waals surface area contributed by atoms with Crippen molar-refractivity contribution in [2.75, 3.05) is 7.11 Å². The molecule has 6 nitrogen and oxygen atoms in total. The van der Waals surface area contributed by atoms with E-state index < -0.39 is 5.91 Å². The smallest absolute Gasteiger partial charge is 0.283 e. The number of methoxy groups -OCH3 is 1. The zero-order chi connectivity index (χ0) is 17.8. The number of hydrogen-bond donors (Lipinski definition) is 1. The van der Waals surface area contributed by atoms with Gasteiger partial charge in [-0.3, -0.25) is 10.2 Å². The van der Waals surface area contributed by atoms with Crippen LogP contribution in [0.15, 0.2) is 39.9 Å². The molecule has 25 heavy (non-hydrogen) atoms. The van der Waals surface area contributed by atoms with Crippen molar-refractivity contribution >= 4 is 39.8 Å². The molecule has 2 heterocycles. The van der Waals surface area contributed by atoms with Gasteiger partial charge in [0, 0.05) is 0 Å². The average Bonchev–Trinajstić information content (AvgIpc) is 3.02. The Hall–Kier alpha value is -2.41. The number of carbonyl (C=O) groups is 1. The number of aliphatic imine (C=N–C) groups is 1. The molecule has 1 amide bonds. The number of ether oxygens (including phenoxy) is 1. The van der Waals surface area contributed by atoms with Crippen LogP contribution in [0.5, 0.6) is 5.75 Å². The molecule has 0 radical (unpaired) electrons. The lowest BCUT2D eigenvalue weighted by molar-refractivity contribution is -0.114. The van der Waals surface area contributed by atoms with Crippen molar-refractivity contribution < 1.29 is 9.53 Å². The Morgan fingerprint density at radius 1 is 1.28 bits per heavy atom. The minimum Gasteiger partial charge on any atom is -0.497 e. The molecule has 0 aromatic heterocycles. The highest BCUT2D eigenvalue weighted by Gasteiger charge is 2.35. The molecule has 0 bridgehead atoms. The minimum absolute atomic E-state index is 0.0730. The number of rotatable bonds is 6. The Morgan fingerprint density at radius 3 is 2.72 bits per heavy atom. The molecule has 0 fully saturated rings. The first-order chi connectivity index (χ1) is 12.1. The molecule has 1 aromatic rings. The molecule has 0 atom stereocenters. The third-order valence-electron chi connectivity index (χ3n) is 3.92. The summed E-state index contributed by atoms with van der Waals surface area (Å²) in [6.45, 7) is 2.15. The monoisotopic (exact) mass is 356 g/mol. The number of carbonyl (C=O) groups excluding carboxylic acids is 1. The first-order valence-corrected chi connectivity index (χ1v) is 9.07. The normalized spacial score (nSPS) is 18.3. The van der Waals surface area contributed by atoms with Crippen molar-refractivity contribution in [3.63, 3.8) is 0 Å². The first kappa shape index (κ1) is 17.4. The van der Waals surface area contributed by atoms with Crippen molar-refractivity contribution in [2.45, 2.75) is 32.6 Å². The molecule has 130 valence electrons. The number of nitrogens with one attached hydrogen (secondary N) is 1. The van der Waals surface area contributed by atoms with Crippen LogP contribution < -0.4 is 4.74 Å². The fourth-order valence-corrected chi connectivity index (χ4v) is 3.45. The molecule has 0 saturated carbocycles. The van der Waals surface area contributed by atoms with Gasteiger partial charge in [0.2, 0.25) is 5.17 Å². The maximum atomic E-state index is 12.3. The van der Waals surface area contributed by atoms with Crippen LogP contribution in [0, 0.1) is 5.41 Å². The highest BCUT2D eigenvalue weighted by atomic mass is 32.2. The summed E-state index contributed by atoms with van der Waals surface area (Å²) in [5.74, 6) is 0.415. The third-order valence-corrected chi connectivity index (χ3v) is 4.89. The van der Waals surface area contributed by atoms with E-state index >= 15 is 0 Å². The van der Waals surface area contributed by atoms with Crippen molar-refractivity contribution in [1.82, 2.24) is 5.01 Å². The Morgan fingerprint density at radius 2 is 2.04 bits per heavy atom. The second-order valence-corrected chi connectivity index (χ2v) is 6.78. The van der Waals surface area contributed by atoms with Gasteiger partial charge in [0.15, 0.2) is 5.84 Å². The van der Waals surface area contributed by atoms with E-state index in [1.54, 1.807) is 13.2 Å². The molecule has 1 N–H and O–H groups in total. The van der Waals surface area contributed by atoms with E-state index in [1.807, 2.05) is 24.3 Å². The second kappa shape index (κ2) is 7.65. The van der Waals surface area contributed by atoms with Gasteiger partial charge < -0.3 is 4.74 Å². The van der Waals surface area contributed by atoms with Crippen LogP contribution in [0.25, 0.3) is 6.08 Å². The number of benzene rings is 1. The van der Waals surface area contributed by atoms with Crippen LogP contribution in [0.3, 0.4) is 0 Å². The number of thioether (sulfide) groups is 1. The van der Waals surface area contributed by atoms with Gasteiger partial charge in [-0.1, -0.05) is 31.9 Å². The van der Waals surface area contributed by atoms with Crippen molar-refractivity contribution in [1.29, 1.82) is 5.41 Å². The zero-order valence-electron chi connectivity index (χ0n) is 14.3. The zero-order valence-corrected chi connectivity index (χ0v) is 15.1. The maximum Gasteiger partial charge on any atom is 0.283 e. The van der Waals surface area contributed by atoms with Crippen molar-refractivity contribution in [3.05, 3.63) is 35.4 Å². The summed E-state index contributed by atoms with van der Waals surface area (Å²) in [6, 6.07) is 7.30. The maximum absolute atomic E-state index is 12.3. The molecule has 3 rings (SSSR count). The molecule has 7 heteroatoms.